The van der Waals surface area contributed by atoms with Crippen molar-refractivity contribution in [3.05, 3.63) is 39.7 Å². The fourth-order valence-electron chi connectivity index (χ4n) is 1.13. The molecule has 88 valence electrons. The normalized spacial score (nSPS) is 12.4. The minimum atomic E-state index is -0.594. The summed E-state index contributed by atoms with van der Waals surface area (Å²) >= 11 is 1.54. The quantitative estimate of drug-likeness (QED) is 0.637. The summed E-state index contributed by atoms with van der Waals surface area (Å²) in [4.78, 5) is 9.92. The molecular formula is C10H13FN2O2S. The maximum atomic E-state index is 13.1. The highest BCUT2D eigenvalue weighted by atomic mass is 32.2. The highest BCUT2D eigenvalue weighted by molar-refractivity contribution is 7.99. The van der Waals surface area contributed by atoms with E-state index in [-0.39, 0.29) is 10.9 Å². The Balaban J connectivity index is 2.76. The zero-order chi connectivity index (χ0) is 12.1. The first kappa shape index (κ1) is 12.9. The fourth-order valence-corrected chi connectivity index (χ4v) is 1.91. The molecule has 1 unspecified atom stereocenters. The molecule has 4 nitrogen and oxygen atoms in total. The molecule has 1 aromatic rings. The number of hydrogen-bond donors (Lipinski definition) is 1. The minimum absolute atomic E-state index is 0.212. The number of halogens is 1. The number of benzene rings is 1. The van der Waals surface area contributed by atoms with E-state index in [1.54, 1.807) is 11.8 Å². The van der Waals surface area contributed by atoms with Gasteiger partial charge in [0.2, 0.25) is 0 Å². The molecule has 0 bridgehead atoms. The Morgan fingerprint density at radius 1 is 1.56 bits per heavy atom. The largest absolute Gasteiger partial charge is 0.329 e. The number of nitro groups is 1. The van der Waals surface area contributed by atoms with Crippen LogP contribution in [0.15, 0.2) is 18.2 Å². The van der Waals surface area contributed by atoms with Gasteiger partial charge in [-0.15, -0.1) is 0 Å². The lowest BCUT2D eigenvalue weighted by atomic mass is 10.2. The molecule has 0 radical (unpaired) electrons. The van der Waals surface area contributed by atoms with Gasteiger partial charge in [0.15, 0.2) is 0 Å². The van der Waals surface area contributed by atoms with Crippen LogP contribution in [0.1, 0.15) is 12.5 Å². The van der Waals surface area contributed by atoms with Crippen molar-refractivity contribution in [3.8, 4) is 0 Å². The van der Waals surface area contributed by atoms with E-state index in [0.717, 1.165) is 6.07 Å². The van der Waals surface area contributed by atoms with Gasteiger partial charge in [0, 0.05) is 23.6 Å². The van der Waals surface area contributed by atoms with Crippen LogP contribution in [0.5, 0.6) is 0 Å². The maximum Gasteiger partial charge on any atom is 0.272 e. The Hall–Kier alpha value is -1.14. The van der Waals surface area contributed by atoms with E-state index >= 15 is 0 Å². The zero-order valence-electron chi connectivity index (χ0n) is 8.85. The average molecular weight is 244 g/mol. The van der Waals surface area contributed by atoms with Crippen molar-refractivity contribution in [1.82, 2.24) is 0 Å². The molecule has 0 aliphatic rings. The number of non-ortho nitro benzene ring substituents is 1. The second-order valence-corrected chi connectivity index (χ2v) is 4.86. The van der Waals surface area contributed by atoms with Crippen LogP contribution in [0.2, 0.25) is 0 Å². The van der Waals surface area contributed by atoms with Crippen molar-refractivity contribution in [2.24, 2.45) is 5.73 Å². The van der Waals surface area contributed by atoms with Crippen LogP contribution < -0.4 is 5.73 Å². The van der Waals surface area contributed by atoms with Gasteiger partial charge in [-0.25, -0.2) is 4.39 Å². The standard InChI is InChI=1S/C10H13FN2O2S/c1-7(5-12)16-6-8-2-9(11)4-10(3-8)13(14)15/h2-4,7H,5-6,12H2,1H3. The second-order valence-electron chi connectivity index (χ2n) is 3.43. The molecule has 0 fully saturated rings. The molecule has 16 heavy (non-hydrogen) atoms. The lowest BCUT2D eigenvalue weighted by Crippen LogP contribution is -2.12. The first-order valence-electron chi connectivity index (χ1n) is 4.78. The SMILES string of the molecule is CC(CN)SCc1cc(F)cc([N+](=O)[O-])c1. The van der Waals surface area contributed by atoms with E-state index in [1.165, 1.54) is 12.1 Å². The summed E-state index contributed by atoms with van der Waals surface area (Å²) in [6.45, 7) is 2.49. The van der Waals surface area contributed by atoms with E-state index in [4.69, 9.17) is 5.73 Å². The summed E-state index contributed by atoms with van der Waals surface area (Å²) in [5.74, 6) is -0.0537. The Morgan fingerprint density at radius 3 is 2.81 bits per heavy atom. The van der Waals surface area contributed by atoms with Gasteiger partial charge in [-0.05, 0) is 11.6 Å². The maximum absolute atomic E-state index is 13.1. The van der Waals surface area contributed by atoms with Gasteiger partial charge in [0.1, 0.15) is 5.82 Å². The topological polar surface area (TPSA) is 69.2 Å². The van der Waals surface area contributed by atoms with E-state index < -0.39 is 10.7 Å². The van der Waals surface area contributed by atoms with Gasteiger partial charge in [-0.1, -0.05) is 6.92 Å². The second kappa shape index (κ2) is 5.81. The van der Waals surface area contributed by atoms with Crippen molar-refractivity contribution in [3.63, 3.8) is 0 Å². The number of nitro benzene ring substituents is 1. The lowest BCUT2D eigenvalue weighted by Gasteiger charge is -2.07. The molecule has 1 atom stereocenters. The number of nitrogens with zero attached hydrogens (tertiary/aromatic N) is 1. The Kier molecular flexibility index (Phi) is 4.70. The molecule has 0 aliphatic heterocycles. The summed E-state index contributed by atoms with van der Waals surface area (Å²) in [6.07, 6.45) is 0. The molecule has 1 rings (SSSR count). The Labute approximate surface area is 97.2 Å². The fraction of sp³-hybridized carbons (Fsp3) is 0.400. The number of rotatable bonds is 5. The van der Waals surface area contributed by atoms with Gasteiger partial charge < -0.3 is 5.73 Å². The van der Waals surface area contributed by atoms with E-state index in [9.17, 15) is 14.5 Å². The third-order valence-corrected chi connectivity index (χ3v) is 3.28. The van der Waals surface area contributed by atoms with Crippen molar-refractivity contribution in [2.45, 2.75) is 17.9 Å². The van der Waals surface area contributed by atoms with Crippen LogP contribution in [0.3, 0.4) is 0 Å². The van der Waals surface area contributed by atoms with E-state index in [2.05, 4.69) is 0 Å². The minimum Gasteiger partial charge on any atom is -0.329 e. The number of nitrogens with two attached hydrogens (primary N) is 1. The summed E-state index contributed by atoms with van der Waals surface area (Å²) in [7, 11) is 0. The van der Waals surface area contributed by atoms with Crippen LogP contribution in [-0.4, -0.2) is 16.7 Å². The van der Waals surface area contributed by atoms with Crippen LogP contribution >= 0.6 is 11.8 Å². The monoisotopic (exact) mass is 244 g/mol. The Bertz CT molecular complexity index is 387. The zero-order valence-corrected chi connectivity index (χ0v) is 9.67. The summed E-state index contributed by atoms with van der Waals surface area (Å²) in [5, 5.41) is 10.8. The van der Waals surface area contributed by atoms with Crippen molar-refractivity contribution < 1.29 is 9.31 Å². The smallest absolute Gasteiger partial charge is 0.272 e. The van der Waals surface area contributed by atoms with Gasteiger partial charge in [0.05, 0.1) is 11.0 Å². The van der Waals surface area contributed by atoms with E-state index in [0.29, 0.717) is 17.9 Å². The highest BCUT2D eigenvalue weighted by Gasteiger charge is 2.10. The third-order valence-electron chi connectivity index (χ3n) is 2.02. The first-order chi connectivity index (χ1) is 7.52. The number of hydrogen-bond acceptors (Lipinski definition) is 4. The third kappa shape index (κ3) is 3.79. The van der Waals surface area contributed by atoms with Crippen molar-refractivity contribution in [2.75, 3.05) is 6.54 Å². The van der Waals surface area contributed by atoms with Crippen molar-refractivity contribution in [1.29, 1.82) is 0 Å². The lowest BCUT2D eigenvalue weighted by molar-refractivity contribution is -0.385. The first-order valence-corrected chi connectivity index (χ1v) is 5.83. The predicted molar refractivity (Wildman–Crippen MR) is 62.9 cm³/mol. The molecule has 0 aliphatic carbocycles. The number of thioether (sulfide) groups is 1. The van der Waals surface area contributed by atoms with Gasteiger partial charge in [-0.3, -0.25) is 10.1 Å². The summed E-state index contributed by atoms with van der Waals surface area (Å²) in [5.41, 5.74) is 5.84. The molecule has 0 saturated heterocycles. The van der Waals surface area contributed by atoms with Crippen LogP contribution in [0.4, 0.5) is 10.1 Å². The van der Waals surface area contributed by atoms with Crippen LogP contribution in [0, 0.1) is 15.9 Å². The molecule has 0 saturated carbocycles. The van der Waals surface area contributed by atoms with Gasteiger partial charge in [0.25, 0.3) is 5.69 Å². The molecule has 0 amide bonds. The molecule has 0 aromatic heterocycles. The van der Waals surface area contributed by atoms with Gasteiger partial charge >= 0.3 is 0 Å². The molecule has 0 spiro atoms. The molecule has 2 N–H and O–H groups in total. The average Bonchev–Trinajstić information content (AvgIpc) is 2.25. The van der Waals surface area contributed by atoms with Gasteiger partial charge in [-0.2, -0.15) is 11.8 Å². The predicted octanol–water partition coefficient (Wildman–Crippen LogP) is 2.31. The van der Waals surface area contributed by atoms with Crippen LogP contribution in [-0.2, 0) is 5.75 Å². The molecule has 0 heterocycles. The molecule has 1 aromatic carbocycles. The molecular weight excluding hydrogens is 231 g/mol. The highest BCUT2D eigenvalue weighted by Crippen LogP contribution is 2.22. The Morgan fingerprint density at radius 2 is 2.25 bits per heavy atom. The summed E-state index contributed by atoms with van der Waals surface area (Å²) in [6, 6.07) is 3.61. The molecule has 6 heteroatoms. The van der Waals surface area contributed by atoms with Crippen molar-refractivity contribution >= 4 is 17.4 Å². The van der Waals surface area contributed by atoms with Crippen LogP contribution in [0.25, 0.3) is 0 Å². The van der Waals surface area contributed by atoms with E-state index in [1.807, 2.05) is 6.92 Å². The summed E-state index contributed by atoms with van der Waals surface area (Å²) < 4.78 is 13.1.